The van der Waals surface area contributed by atoms with Gasteiger partial charge in [0.1, 0.15) is 5.25 Å². The number of hydrogen-bond acceptors (Lipinski definition) is 3. The first-order chi connectivity index (χ1) is 7.81. The molecule has 0 unspecified atom stereocenters. The average molecular weight is 254 g/mol. The van der Waals surface area contributed by atoms with Crippen LogP contribution in [0.1, 0.15) is 19.4 Å². The molecule has 1 aliphatic rings. The third kappa shape index (κ3) is 1.89. The Balaban J connectivity index is 2.36. The maximum atomic E-state index is 12.4. The first-order valence-corrected chi connectivity index (χ1v) is 7.20. The summed E-state index contributed by atoms with van der Waals surface area (Å²) in [6, 6.07) is 6.99. The lowest BCUT2D eigenvalue weighted by atomic mass is 10.2. The third-order valence-electron chi connectivity index (χ3n) is 3.57. The van der Waals surface area contributed by atoms with Crippen LogP contribution in [0.15, 0.2) is 29.2 Å². The second-order valence-electron chi connectivity index (χ2n) is 5.26. The van der Waals surface area contributed by atoms with Crippen molar-refractivity contribution in [2.75, 3.05) is 7.11 Å². The molecule has 17 heavy (non-hydrogen) atoms. The van der Waals surface area contributed by atoms with Crippen molar-refractivity contribution in [2.24, 2.45) is 5.41 Å². The minimum absolute atomic E-state index is 0.200. The van der Waals surface area contributed by atoms with Crippen molar-refractivity contribution >= 4 is 9.84 Å². The lowest BCUT2D eigenvalue weighted by molar-refractivity contribution is 0.153. The number of hydrogen-bond donors (Lipinski definition) is 0. The van der Waals surface area contributed by atoms with E-state index in [-0.39, 0.29) is 11.5 Å². The zero-order valence-corrected chi connectivity index (χ0v) is 11.4. The molecule has 0 saturated heterocycles. The average Bonchev–Trinajstić information content (AvgIpc) is 2.82. The molecule has 0 bridgehead atoms. The fourth-order valence-electron chi connectivity index (χ4n) is 2.41. The molecule has 1 aromatic rings. The van der Waals surface area contributed by atoms with E-state index in [2.05, 4.69) is 0 Å². The van der Waals surface area contributed by atoms with Crippen LogP contribution >= 0.6 is 0 Å². The Hall–Kier alpha value is -0.870. The summed E-state index contributed by atoms with van der Waals surface area (Å²) in [5.41, 5.74) is 0.764. The number of methoxy groups -OCH3 is 1. The van der Waals surface area contributed by atoms with Gasteiger partial charge in [-0.1, -0.05) is 31.5 Å². The minimum atomic E-state index is -3.28. The van der Waals surface area contributed by atoms with Crippen molar-refractivity contribution in [3.8, 4) is 0 Å². The van der Waals surface area contributed by atoms with Crippen molar-refractivity contribution in [1.82, 2.24) is 0 Å². The van der Waals surface area contributed by atoms with Gasteiger partial charge in [0.2, 0.25) is 0 Å². The molecule has 2 atom stereocenters. The third-order valence-corrected chi connectivity index (χ3v) is 6.02. The number of ether oxygens (including phenoxy) is 1. The normalized spacial score (nSPS) is 26.8. The second kappa shape index (κ2) is 3.82. The lowest BCUT2D eigenvalue weighted by Gasteiger charge is -2.05. The van der Waals surface area contributed by atoms with E-state index < -0.39 is 15.1 Å². The molecule has 0 heterocycles. The molecule has 1 saturated carbocycles. The molecule has 0 amide bonds. The van der Waals surface area contributed by atoms with Gasteiger partial charge in [-0.2, -0.15) is 0 Å². The summed E-state index contributed by atoms with van der Waals surface area (Å²) in [6.07, 6.45) is -0.200. The van der Waals surface area contributed by atoms with Crippen molar-refractivity contribution < 1.29 is 13.2 Å². The molecule has 0 aliphatic heterocycles. The summed E-state index contributed by atoms with van der Waals surface area (Å²) in [7, 11) is -1.71. The van der Waals surface area contributed by atoms with Gasteiger partial charge in [0.15, 0.2) is 9.84 Å². The van der Waals surface area contributed by atoms with Gasteiger partial charge in [0.25, 0.3) is 0 Å². The van der Waals surface area contributed by atoms with Gasteiger partial charge >= 0.3 is 0 Å². The molecule has 0 aromatic heterocycles. The maximum Gasteiger partial charge on any atom is 0.184 e. The molecule has 0 spiro atoms. The van der Waals surface area contributed by atoms with Crippen LogP contribution in [0.5, 0.6) is 0 Å². The SMILES string of the molecule is CO[C@@H]1[C@H](S(=O)(=O)c2ccc(C)cc2)C1(C)C. The predicted molar refractivity (Wildman–Crippen MR) is 66.7 cm³/mol. The van der Waals surface area contributed by atoms with Crippen molar-refractivity contribution in [2.45, 2.75) is 37.0 Å². The Labute approximate surface area is 103 Å². The zero-order valence-electron chi connectivity index (χ0n) is 10.6. The van der Waals surface area contributed by atoms with E-state index in [0.717, 1.165) is 5.56 Å². The Morgan fingerprint density at radius 1 is 1.18 bits per heavy atom. The van der Waals surface area contributed by atoms with Gasteiger partial charge in [-0.15, -0.1) is 0 Å². The van der Waals surface area contributed by atoms with E-state index in [9.17, 15) is 8.42 Å². The van der Waals surface area contributed by atoms with Crippen LogP contribution in [0, 0.1) is 12.3 Å². The Morgan fingerprint density at radius 3 is 2.12 bits per heavy atom. The first-order valence-electron chi connectivity index (χ1n) is 5.65. The molecule has 0 radical (unpaired) electrons. The molecule has 1 aliphatic carbocycles. The summed E-state index contributed by atoms with van der Waals surface area (Å²) in [5.74, 6) is 0. The smallest absolute Gasteiger partial charge is 0.184 e. The van der Waals surface area contributed by atoms with E-state index in [1.165, 1.54) is 0 Å². The van der Waals surface area contributed by atoms with Crippen LogP contribution in [0.2, 0.25) is 0 Å². The van der Waals surface area contributed by atoms with Crippen molar-refractivity contribution in [3.63, 3.8) is 0 Å². The second-order valence-corrected chi connectivity index (χ2v) is 7.33. The van der Waals surface area contributed by atoms with Crippen LogP contribution in [-0.2, 0) is 14.6 Å². The van der Waals surface area contributed by atoms with Crippen molar-refractivity contribution in [3.05, 3.63) is 29.8 Å². The molecule has 94 valence electrons. The Morgan fingerprint density at radius 2 is 1.71 bits per heavy atom. The topological polar surface area (TPSA) is 43.4 Å². The highest BCUT2D eigenvalue weighted by Gasteiger charge is 2.65. The van der Waals surface area contributed by atoms with Gasteiger partial charge in [-0.25, -0.2) is 8.42 Å². The fourth-order valence-corrected chi connectivity index (χ4v) is 4.86. The first kappa shape index (κ1) is 12.6. The van der Waals surface area contributed by atoms with Crippen LogP contribution in [0.4, 0.5) is 0 Å². The standard InChI is InChI=1S/C13H18O3S/c1-9-5-7-10(8-6-9)17(14,15)12-11(16-4)13(12,2)3/h5-8,11-12H,1-4H3/t11-,12+/m1/s1. The molecule has 1 fully saturated rings. The fraction of sp³-hybridized carbons (Fsp3) is 0.538. The van der Waals surface area contributed by atoms with E-state index in [1.807, 2.05) is 32.9 Å². The molecule has 4 heteroatoms. The number of aryl methyl sites for hydroxylation is 1. The van der Waals surface area contributed by atoms with Crippen LogP contribution in [0.25, 0.3) is 0 Å². The molecule has 3 nitrogen and oxygen atoms in total. The molecule has 1 aromatic carbocycles. The van der Waals surface area contributed by atoms with Gasteiger partial charge in [-0.05, 0) is 19.1 Å². The van der Waals surface area contributed by atoms with Gasteiger partial charge in [0.05, 0.1) is 11.0 Å². The quantitative estimate of drug-likeness (QED) is 0.830. The number of benzene rings is 1. The minimum Gasteiger partial charge on any atom is -0.379 e. The summed E-state index contributed by atoms with van der Waals surface area (Å²) in [6.45, 7) is 5.80. The van der Waals surface area contributed by atoms with Crippen LogP contribution in [-0.4, -0.2) is 26.9 Å². The highest BCUT2D eigenvalue weighted by atomic mass is 32.2. The Bertz CT molecular complexity index is 514. The van der Waals surface area contributed by atoms with Gasteiger partial charge in [0, 0.05) is 12.5 Å². The zero-order chi connectivity index (χ0) is 12.8. The van der Waals surface area contributed by atoms with Gasteiger partial charge < -0.3 is 4.74 Å². The lowest BCUT2D eigenvalue weighted by Crippen LogP contribution is -2.13. The highest BCUT2D eigenvalue weighted by molar-refractivity contribution is 7.92. The number of sulfone groups is 1. The predicted octanol–water partition coefficient (Wildman–Crippen LogP) is 2.19. The molecule has 0 N–H and O–H groups in total. The highest BCUT2D eigenvalue weighted by Crippen LogP contribution is 2.53. The molecular formula is C13H18O3S. The van der Waals surface area contributed by atoms with E-state index in [1.54, 1.807) is 19.2 Å². The summed E-state index contributed by atoms with van der Waals surface area (Å²) in [5, 5.41) is -0.428. The van der Waals surface area contributed by atoms with Crippen LogP contribution < -0.4 is 0 Å². The largest absolute Gasteiger partial charge is 0.379 e. The van der Waals surface area contributed by atoms with E-state index in [0.29, 0.717) is 4.90 Å². The maximum absolute atomic E-state index is 12.4. The van der Waals surface area contributed by atoms with Crippen molar-refractivity contribution in [1.29, 1.82) is 0 Å². The van der Waals surface area contributed by atoms with E-state index in [4.69, 9.17) is 4.74 Å². The summed E-state index contributed by atoms with van der Waals surface area (Å²) in [4.78, 5) is 0.390. The summed E-state index contributed by atoms with van der Waals surface area (Å²) >= 11 is 0. The molecular weight excluding hydrogens is 236 g/mol. The van der Waals surface area contributed by atoms with Crippen LogP contribution in [0.3, 0.4) is 0 Å². The van der Waals surface area contributed by atoms with E-state index >= 15 is 0 Å². The number of rotatable bonds is 3. The monoisotopic (exact) mass is 254 g/mol. The Kier molecular flexibility index (Phi) is 2.83. The van der Waals surface area contributed by atoms with Gasteiger partial charge in [-0.3, -0.25) is 0 Å². The summed E-state index contributed by atoms with van der Waals surface area (Å²) < 4.78 is 30.1. The molecule has 2 rings (SSSR count).